The lowest BCUT2D eigenvalue weighted by molar-refractivity contribution is -0.112. The number of carbonyl (C=O) groups is 1. The Morgan fingerprint density at radius 3 is 2.50 bits per heavy atom. The van der Waals surface area contributed by atoms with Crippen molar-refractivity contribution in [3.63, 3.8) is 0 Å². The van der Waals surface area contributed by atoms with Crippen LogP contribution in [0.1, 0.15) is 16.7 Å². The fraction of sp³-hybridized carbons (Fsp3) is 0.167. The molecule has 8 heteroatoms. The van der Waals surface area contributed by atoms with E-state index in [0.717, 1.165) is 28.1 Å². The number of rotatable bonds is 10. The van der Waals surface area contributed by atoms with E-state index in [9.17, 15) is 10.1 Å². The highest BCUT2D eigenvalue weighted by atomic mass is 32.1. The molecule has 0 aliphatic heterocycles. The largest absolute Gasteiger partial charge is 0.493 e. The van der Waals surface area contributed by atoms with Crippen LogP contribution in [0.15, 0.2) is 77.7 Å². The first-order valence-corrected chi connectivity index (χ1v) is 12.8. The van der Waals surface area contributed by atoms with Gasteiger partial charge in [0, 0.05) is 10.9 Å². The third-order valence-corrected chi connectivity index (χ3v) is 6.36. The molecular weight excluding hydrogens is 498 g/mol. The number of nitriles is 1. The first-order valence-electron chi connectivity index (χ1n) is 11.9. The Hall–Kier alpha value is -4.61. The number of benzene rings is 3. The molecule has 1 N–H and O–H groups in total. The van der Waals surface area contributed by atoms with Crippen LogP contribution >= 0.6 is 11.3 Å². The number of ether oxygens (including phenoxy) is 3. The van der Waals surface area contributed by atoms with E-state index in [4.69, 9.17) is 14.2 Å². The molecule has 1 aromatic heterocycles. The summed E-state index contributed by atoms with van der Waals surface area (Å²) in [4.78, 5) is 17.2. The van der Waals surface area contributed by atoms with Gasteiger partial charge in [-0.3, -0.25) is 10.1 Å². The molecule has 0 unspecified atom stereocenters. The van der Waals surface area contributed by atoms with Crippen molar-refractivity contribution in [2.75, 3.05) is 25.6 Å². The third kappa shape index (κ3) is 6.78. The van der Waals surface area contributed by atoms with Gasteiger partial charge in [-0.05, 0) is 54.8 Å². The minimum Gasteiger partial charge on any atom is -0.493 e. The second-order valence-electron chi connectivity index (χ2n) is 8.40. The monoisotopic (exact) mass is 525 g/mol. The summed E-state index contributed by atoms with van der Waals surface area (Å²) in [5, 5.41) is 14.6. The molecule has 0 atom stereocenters. The molecule has 0 aliphatic carbocycles. The second-order valence-corrected chi connectivity index (χ2v) is 9.26. The van der Waals surface area contributed by atoms with E-state index in [2.05, 4.69) is 10.3 Å². The van der Waals surface area contributed by atoms with Gasteiger partial charge in [0.25, 0.3) is 5.91 Å². The van der Waals surface area contributed by atoms with Crippen LogP contribution in [-0.2, 0) is 4.79 Å². The van der Waals surface area contributed by atoms with Gasteiger partial charge in [-0.2, -0.15) is 5.26 Å². The Bertz CT molecular complexity index is 1490. The molecule has 0 saturated carbocycles. The van der Waals surface area contributed by atoms with Gasteiger partial charge in [-0.1, -0.05) is 48.5 Å². The molecule has 4 rings (SSSR count). The number of aryl methyl sites for hydroxylation is 2. The summed E-state index contributed by atoms with van der Waals surface area (Å²) in [6, 6.07) is 22.9. The van der Waals surface area contributed by atoms with Gasteiger partial charge >= 0.3 is 0 Å². The number of methoxy groups -OCH3 is 1. The zero-order chi connectivity index (χ0) is 26.9. The van der Waals surface area contributed by atoms with Crippen LogP contribution in [0.3, 0.4) is 0 Å². The van der Waals surface area contributed by atoms with Crippen LogP contribution in [0.4, 0.5) is 5.13 Å². The quantitative estimate of drug-likeness (QED) is 0.146. The van der Waals surface area contributed by atoms with Crippen LogP contribution in [0.2, 0.25) is 0 Å². The fourth-order valence-corrected chi connectivity index (χ4v) is 4.33. The molecular formula is C30H27N3O4S. The summed E-state index contributed by atoms with van der Waals surface area (Å²) < 4.78 is 17.2. The summed E-state index contributed by atoms with van der Waals surface area (Å²) >= 11 is 1.30. The van der Waals surface area contributed by atoms with E-state index >= 15 is 0 Å². The van der Waals surface area contributed by atoms with Crippen molar-refractivity contribution in [2.45, 2.75) is 13.8 Å². The molecule has 3 aromatic carbocycles. The Balaban J connectivity index is 1.38. The van der Waals surface area contributed by atoms with Gasteiger partial charge in [-0.15, -0.1) is 11.3 Å². The highest BCUT2D eigenvalue weighted by Gasteiger charge is 2.14. The molecule has 0 bridgehead atoms. The van der Waals surface area contributed by atoms with Crippen LogP contribution in [0.25, 0.3) is 17.3 Å². The zero-order valence-electron chi connectivity index (χ0n) is 21.4. The predicted octanol–water partition coefficient (Wildman–Crippen LogP) is 6.44. The molecule has 7 nitrogen and oxygen atoms in total. The Labute approximate surface area is 226 Å². The number of hydrogen-bond donors (Lipinski definition) is 1. The van der Waals surface area contributed by atoms with E-state index in [1.165, 1.54) is 24.5 Å². The van der Waals surface area contributed by atoms with E-state index in [0.29, 0.717) is 35.4 Å². The van der Waals surface area contributed by atoms with Gasteiger partial charge in [-0.25, -0.2) is 4.98 Å². The van der Waals surface area contributed by atoms with Gasteiger partial charge in [0.05, 0.1) is 12.8 Å². The average Bonchev–Trinajstić information content (AvgIpc) is 3.40. The lowest BCUT2D eigenvalue weighted by atomic mass is 10.1. The van der Waals surface area contributed by atoms with E-state index < -0.39 is 5.91 Å². The van der Waals surface area contributed by atoms with Crippen LogP contribution in [0, 0.1) is 25.2 Å². The molecule has 38 heavy (non-hydrogen) atoms. The minimum atomic E-state index is -0.538. The highest BCUT2D eigenvalue weighted by molar-refractivity contribution is 7.14. The number of hydrogen-bond acceptors (Lipinski definition) is 7. The van der Waals surface area contributed by atoms with Crippen LogP contribution in [0.5, 0.6) is 17.2 Å². The maximum atomic E-state index is 12.7. The highest BCUT2D eigenvalue weighted by Crippen LogP contribution is 2.30. The van der Waals surface area contributed by atoms with E-state index in [-0.39, 0.29) is 5.57 Å². The molecule has 192 valence electrons. The Morgan fingerprint density at radius 1 is 1.00 bits per heavy atom. The molecule has 0 saturated heterocycles. The standard InChI is InChI=1S/C30H27N3O4S/c1-20-9-10-21(2)27(15-20)37-14-13-36-26-12-11-22(17-28(26)35-3)16-24(18-31)29(34)33-30-32-25(19-38-30)23-7-5-4-6-8-23/h4-12,15-17,19H,13-14H2,1-3H3,(H,32,33,34)/b24-16-. The Kier molecular flexibility index (Phi) is 8.75. The number of carbonyl (C=O) groups excluding carboxylic acids is 1. The molecule has 0 fully saturated rings. The van der Waals surface area contributed by atoms with Crippen molar-refractivity contribution < 1.29 is 19.0 Å². The summed E-state index contributed by atoms with van der Waals surface area (Å²) in [6.45, 7) is 4.71. The lowest BCUT2D eigenvalue weighted by Gasteiger charge is -2.13. The van der Waals surface area contributed by atoms with Crippen molar-refractivity contribution in [2.24, 2.45) is 0 Å². The summed E-state index contributed by atoms with van der Waals surface area (Å²) in [5.41, 5.74) is 4.47. The van der Waals surface area contributed by atoms with Crippen molar-refractivity contribution in [3.8, 4) is 34.6 Å². The molecule has 1 amide bonds. The topological polar surface area (TPSA) is 93.5 Å². The van der Waals surface area contributed by atoms with Crippen LogP contribution in [-0.4, -0.2) is 31.2 Å². The van der Waals surface area contributed by atoms with Crippen molar-refractivity contribution in [1.82, 2.24) is 4.98 Å². The average molecular weight is 526 g/mol. The maximum absolute atomic E-state index is 12.7. The normalized spacial score (nSPS) is 10.9. The maximum Gasteiger partial charge on any atom is 0.268 e. The SMILES string of the molecule is COc1cc(/C=C(/C#N)C(=O)Nc2nc(-c3ccccc3)cs2)ccc1OCCOc1cc(C)ccc1C. The number of nitrogens with one attached hydrogen (secondary N) is 1. The van der Waals surface area contributed by atoms with Crippen LogP contribution < -0.4 is 19.5 Å². The van der Waals surface area contributed by atoms with Gasteiger partial charge < -0.3 is 14.2 Å². The summed E-state index contributed by atoms with van der Waals surface area (Å²) in [6.07, 6.45) is 1.50. The predicted molar refractivity (Wildman–Crippen MR) is 150 cm³/mol. The van der Waals surface area contributed by atoms with E-state index in [1.807, 2.05) is 73.8 Å². The Morgan fingerprint density at radius 2 is 1.76 bits per heavy atom. The molecule has 0 spiro atoms. The number of anilines is 1. The number of aromatic nitrogens is 1. The molecule has 4 aromatic rings. The molecule has 0 aliphatic rings. The summed E-state index contributed by atoms with van der Waals surface area (Å²) in [7, 11) is 1.53. The minimum absolute atomic E-state index is 0.0564. The zero-order valence-corrected chi connectivity index (χ0v) is 22.2. The van der Waals surface area contributed by atoms with Gasteiger partial charge in [0.15, 0.2) is 16.6 Å². The molecule has 0 radical (unpaired) electrons. The molecule has 1 heterocycles. The van der Waals surface area contributed by atoms with Crippen molar-refractivity contribution >= 4 is 28.5 Å². The van der Waals surface area contributed by atoms with E-state index in [1.54, 1.807) is 18.2 Å². The first-order chi connectivity index (χ1) is 18.5. The smallest absolute Gasteiger partial charge is 0.268 e. The van der Waals surface area contributed by atoms with Gasteiger partial charge in [0.2, 0.25) is 0 Å². The van der Waals surface area contributed by atoms with Gasteiger partial charge in [0.1, 0.15) is 30.6 Å². The second kappa shape index (κ2) is 12.6. The fourth-order valence-electron chi connectivity index (χ4n) is 3.61. The number of nitrogens with zero attached hydrogens (tertiary/aromatic N) is 2. The first kappa shape index (κ1) is 26.5. The summed E-state index contributed by atoms with van der Waals surface area (Å²) in [5.74, 6) is 1.31. The third-order valence-electron chi connectivity index (χ3n) is 5.60. The number of amides is 1. The van der Waals surface area contributed by atoms with Crippen molar-refractivity contribution in [3.05, 3.63) is 94.4 Å². The van der Waals surface area contributed by atoms with Crippen molar-refractivity contribution in [1.29, 1.82) is 5.26 Å². The number of thiazole rings is 1. The lowest BCUT2D eigenvalue weighted by Crippen LogP contribution is -2.13.